The van der Waals surface area contributed by atoms with Gasteiger partial charge in [0.1, 0.15) is 5.82 Å². The number of rotatable bonds is 5. The largest absolute Gasteiger partial charge is 0.334 e. The molecule has 0 aliphatic carbocycles. The van der Waals surface area contributed by atoms with Crippen LogP contribution in [0, 0.1) is 5.82 Å². The van der Waals surface area contributed by atoms with E-state index in [0.29, 0.717) is 6.54 Å². The van der Waals surface area contributed by atoms with Crippen molar-refractivity contribution in [3.8, 4) is 0 Å². The standard InChI is InChI=1S/C17H15FN2OS2/c18-14-5-3-12(4-6-14)10-19-17(21)20-16(13-7-9-22-11-13)15-2-1-8-23-15/h1-9,11,16H,10H2,(H2,19,20,21)/t16-/m1/s1. The van der Waals surface area contributed by atoms with Crippen molar-refractivity contribution >= 4 is 28.7 Å². The zero-order valence-electron chi connectivity index (χ0n) is 12.2. The minimum absolute atomic E-state index is 0.158. The Balaban J connectivity index is 1.63. The molecular formula is C17H15FN2OS2. The molecule has 2 N–H and O–H groups in total. The minimum Gasteiger partial charge on any atom is -0.334 e. The van der Waals surface area contributed by atoms with Crippen LogP contribution in [0.25, 0.3) is 0 Å². The Morgan fingerprint density at radius 2 is 1.96 bits per heavy atom. The van der Waals surface area contributed by atoms with Crippen molar-refractivity contribution in [1.82, 2.24) is 10.6 Å². The molecule has 118 valence electrons. The van der Waals surface area contributed by atoms with Gasteiger partial charge >= 0.3 is 6.03 Å². The maximum atomic E-state index is 12.9. The average Bonchev–Trinajstić information content (AvgIpc) is 3.25. The van der Waals surface area contributed by atoms with Crippen LogP contribution in [0.5, 0.6) is 0 Å². The van der Waals surface area contributed by atoms with Crippen molar-refractivity contribution in [2.45, 2.75) is 12.6 Å². The third-order valence-electron chi connectivity index (χ3n) is 3.35. The molecule has 0 spiro atoms. The number of nitrogens with one attached hydrogen (secondary N) is 2. The van der Waals surface area contributed by atoms with Crippen molar-refractivity contribution in [2.75, 3.05) is 0 Å². The Morgan fingerprint density at radius 1 is 1.13 bits per heavy atom. The molecule has 3 aromatic rings. The molecule has 2 heterocycles. The molecule has 3 nitrogen and oxygen atoms in total. The molecule has 0 radical (unpaired) electrons. The number of benzene rings is 1. The SMILES string of the molecule is O=C(NCc1ccc(F)cc1)N[C@H](c1ccsc1)c1cccs1. The lowest BCUT2D eigenvalue weighted by Gasteiger charge is -2.17. The summed E-state index contributed by atoms with van der Waals surface area (Å²) in [7, 11) is 0. The number of urea groups is 1. The normalized spacial score (nSPS) is 11.9. The van der Waals surface area contributed by atoms with Gasteiger partial charge in [0.2, 0.25) is 0 Å². The Kier molecular flexibility index (Phi) is 5.05. The summed E-state index contributed by atoms with van der Waals surface area (Å²) in [4.78, 5) is 13.3. The lowest BCUT2D eigenvalue weighted by Crippen LogP contribution is -2.37. The number of amides is 2. The van der Waals surface area contributed by atoms with Gasteiger partial charge in [-0.05, 0) is 51.5 Å². The Labute approximate surface area is 141 Å². The van der Waals surface area contributed by atoms with Crippen LogP contribution < -0.4 is 10.6 Å². The molecule has 0 fully saturated rings. The first kappa shape index (κ1) is 15.7. The highest BCUT2D eigenvalue weighted by Gasteiger charge is 2.18. The fourth-order valence-electron chi connectivity index (χ4n) is 2.18. The van der Waals surface area contributed by atoms with Gasteiger partial charge in [-0.15, -0.1) is 11.3 Å². The molecule has 0 saturated heterocycles. The van der Waals surface area contributed by atoms with Gasteiger partial charge in [0.25, 0.3) is 0 Å². The molecule has 0 aliphatic rings. The van der Waals surface area contributed by atoms with Crippen LogP contribution >= 0.6 is 22.7 Å². The number of hydrogen-bond acceptors (Lipinski definition) is 3. The first-order valence-electron chi connectivity index (χ1n) is 7.06. The van der Waals surface area contributed by atoms with Crippen LogP contribution in [0.4, 0.5) is 9.18 Å². The molecule has 1 atom stereocenters. The summed E-state index contributed by atoms with van der Waals surface area (Å²) >= 11 is 3.21. The number of thiophene rings is 2. The van der Waals surface area contributed by atoms with Gasteiger partial charge in [0, 0.05) is 11.4 Å². The molecule has 6 heteroatoms. The van der Waals surface area contributed by atoms with E-state index in [0.717, 1.165) is 16.0 Å². The first-order chi connectivity index (χ1) is 11.2. The molecule has 0 bridgehead atoms. The molecular weight excluding hydrogens is 331 g/mol. The van der Waals surface area contributed by atoms with Gasteiger partial charge in [0.15, 0.2) is 0 Å². The Bertz CT molecular complexity index is 705. The van der Waals surface area contributed by atoms with Crippen molar-refractivity contribution in [3.63, 3.8) is 0 Å². The van der Waals surface area contributed by atoms with E-state index in [-0.39, 0.29) is 17.9 Å². The molecule has 0 saturated carbocycles. The first-order valence-corrected chi connectivity index (χ1v) is 8.89. The lowest BCUT2D eigenvalue weighted by atomic mass is 10.1. The van der Waals surface area contributed by atoms with E-state index >= 15 is 0 Å². The van der Waals surface area contributed by atoms with Gasteiger partial charge in [-0.1, -0.05) is 18.2 Å². The number of hydrogen-bond donors (Lipinski definition) is 2. The minimum atomic E-state index is -0.284. The molecule has 1 aromatic carbocycles. The van der Waals surface area contributed by atoms with Crippen molar-refractivity contribution in [2.24, 2.45) is 0 Å². The Morgan fingerprint density at radius 3 is 2.61 bits per heavy atom. The number of carbonyl (C=O) groups is 1. The Hall–Kier alpha value is -2.18. The highest BCUT2D eigenvalue weighted by Crippen LogP contribution is 2.27. The van der Waals surface area contributed by atoms with Crippen molar-refractivity contribution in [3.05, 3.63) is 80.4 Å². The summed E-state index contributed by atoms with van der Waals surface area (Å²) in [5.74, 6) is -0.284. The van der Waals surface area contributed by atoms with E-state index < -0.39 is 0 Å². The summed E-state index contributed by atoms with van der Waals surface area (Å²) in [6, 6.07) is 11.7. The van der Waals surface area contributed by atoms with Gasteiger partial charge < -0.3 is 10.6 Å². The number of halogens is 1. The van der Waals surface area contributed by atoms with E-state index in [1.54, 1.807) is 34.8 Å². The summed E-state index contributed by atoms with van der Waals surface area (Å²) in [5.41, 5.74) is 1.92. The van der Waals surface area contributed by atoms with Gasteiger partial charge in [-0.25, -0.2) is 9.18 Å². The molecule has 2 aromatic heterocycles. The van der Waals surface area contributed by atoms with Gasteiger partial charge in [0.05, 0.1) is 6.04 Å². The zero-order valence-corrected chi connectivity index (χ0v) is 13.8. The smallest absolute Gasteiger partial charge is 0.315 e. The maximum absolute atomic E-state index is 12.9. The van der Waals surface area contributed by atoms with Crippen molar-refractivity contribution in [1.29, 1.82) is 0 Å². The van der Waals surface area contributed by atoms with Crippen LogP contribution in [-0.4, -0.2) is 6.03 Å². The summed E-state index contributed by atoms with van der Waals surface area (Å²) in [6.07, 6.45) is 0. The highest BCUT2D eigenvalue weighted by molar-refractivity contribution is 7.10. The summed E-state index contributed by atoms with van der Waals surface area (Å²) in [5, 5.41) is 11.8. The van der Waals surface area contributed by atoms with E-state index in [4.69, 9.17) is 0 Å². The topological polar surface area (TPSA) is 41.1 Å². The van der Waals surface area contributed by atoms with E-state index in [9.17, 15) is 9.18 Å². The van der Waals surface area contributed by atoms with Gasteiger partial charge in [-0.3, -0.25) is 0 Å². The highest BCUT2D eigenvalue weighted by atomic mass is 32.1. The third-order valence-corrected chi connectivity index (χ3v) is 4.98. The maximum Gasteiger partial charge on any atom is 0.315 e. The molecule has 23 heavy (non-hydrogen) atoms. The third kappa shape index (κ3) is 4.18. The summed E-state index contributed by atoms with van der Waals surface area (Å²) in [6.45, 7) is 0.354. The zero-order chi connectivity index (χ0) is 16.1. The van der Waals surface area contributed by atoms with Crippen LogP contribution in [0.1, 0.15) is 22.0 Å². The fourth-order valence-corrected chi connectivity index (χ4v) is 3.67. The number of carbonyl (C=O) groups excluding carboxylic acids is 1. The molecule has 0 aliphatic heterocycles. The van der Waals surface area contributed by atoms with E-state index in [2.05, 4.69) is 10.6 Å². The van der Waals surface area contributed by atoms with Crippen LogP contribution in [0.15, 0.2) is 58.6 Å². The predicted molar refractivity (Wildman–Crippen MR) is 92.3 cm³/mol. The van der Waals surface area contributed by atoms with Gasteiger partial charge in [-0.2, -0.15) is 11.3 Å². The van der Waals surface area contributed by atoms with Crippen molar-refractivity contribution < 1.29 is 9.18 Å². The van der Waals surface area contributed by atoms with Crippen LogP contribution in [0.3, 0.4) is 0 Å². The molecule has 0 unspecified atom stereocenters. The van der Waals surface area contributed by atoms with Crippen LogP contribution in [-0.2, 0) is 6.54 Å². The average molecular weight is 346 g/mol. The quantitative estimate of drug-likeness (QED) is 0.700. The summed E-state index contributed by atoms with van der Waals surface area (Å²) < 4.78 is 12.9. The monoisotopic (exact) mass is 346 g/mol. The molecule has 2 amide bonds. The predicted octanol–water partition coefficient (Wildman–Crippen LogP) is 4.54. The van der Waals surface area contributed by atoms with Crippen LogP contribution in [0.2, 0.25) is 0 Å². The van der Waals surface area contributed by atoms with E-state index in [1.165, 1.54) is 12.1 Å². The molecule has 3 rings (SSSR count). The lowest BCUT2D eigenvalue weighted by molar-refractivity contribution is 0.238. The fraction of sp³-hybridized carbons (Fsp3) is 0.118. The second-order valence-corrected chi connectivity index (χ2v) is 6.72. The van der Waals surface area contributed by atoms with E-state index in [1.807, 2.05) is 34.3 Å². The second-order valence-electron chi connectivity index (χ2n) is 4.96. The second kappa shape index (κ2) is 7.39.